The topological polar surface area (TPSA) is 84.7 Å². The number of nitro groups is 1. The fourth-order valence-corrected chi connectivity index (χ4v) is 2.80. The summed E-state index contributed by atoms with van der Waals surface area (Å²) in [7, 11) is 1.68. The van der Waals surface area contributed by atoms with Gasteiger partial charge in [0.1, 0.15) is 5.69 Å². The summed E-state index contributed by atoms with van der Waals surface area (Å²) in [4.78, 5) is 24.6. The molecule has 0 aliphatic carbocycles. The normalized spacial score (nSPS) is 18.9. The molecule has 1 saturated heterocycles. The summed E-state index contributed by atoms with van der Waals surface area (Å²) in [6.45, 7) is 2.62. The van der Waals surface area contributed by atoms with Crippen molar-refractivity contribution in [2.45, 2.75) is 12.8 Å². The van der Waals surface area contributed by atoms with Gasteiger partial charge in [0.15, 0.2) is 0 Å². The number of nitrogens with zero attached hydrogens (tertiary/aromatic N) is 2. The van der Waals surface area contributed by atoms with Crippen molar-refractivity contribution >= 4 is 17.3 Å². The lowest BCUT2D eigenvalue weighted by Gasteiger charge is -2.31. The van der Waals surface area contributed by atoms with Crippen LogP contribution in [0.1, 0.15) is 12.8 Å². The molecule has 7 heteroatoms. The molecule has 7 nitrogen and oxygen atoms in total. The van der Waals surface area contributed by atoms with Gasteiger partial charge >= 0.3 is 0 Å². The van der Waals surface area contributed by atoms with E-state index in [2.05, 4.69) is 10.2 Å². The molecule has 0 radical (unpaired) electrons. The van der Waals surface area contributed by atoms with Crippen molar-refractivity contribution in [1.82, 2.24) is 4.90 Å². The van der Waals surface area contributed by atoms with Crippen LogP contribution < -0.4 is 5.32 Å². The molecule has 0 bridgehead atoms. The van der Waals surface area contributed by atoms with E-state index in [1.54, 1.807) is 25.3 Å². The predicted molar refractivity (Wildman–Crippen MR) is 82.8 cm³/mol. The number of ether oxygens (including phenoxy) is 1. The van der Waals surface area contributed by atoms with E-state index in [4.69, 9.17) is 4.74 Å². The third-order valence-electron chi connectivity index (χ3n) is 3.75. The van der Waals surface area contributed by atoms with E-state index in [0.29, 0.717) is 12.5 Å². The number of amides is 1. The van der Waals surface area contributed by atoms with Crippen LogP contribution in [0.4, 0.5) is 11.4 Å². The quantitative estimate of drug-likeness (QED) is 0.641. The van der Waals surface area contributed by atoms with Gasteiger partial charge in [0.25, 0.3) is 5.69 Å². The molecule has 1 atom stereocenters. The number of likely N-dealkylation sites (tertiary alicyclic amines) is 1. The average molecular weight is 307 g/mol. The molecule has 1 N–H and O–H groups in total. The van der Waals surface area contributed by atoms with Crippen molar-refractivity contribution in [3.05, 3.63) is 34.4 Å². The average Bonchev–Trinajstić information content (AvgIpc) is 2.48. The lowest BCUT2D eigenvalue weighted by molar-refractivity contribution is -0.383. The maximum atomic E-state index is 12.1. The number of anilines is 1. The Morgan fingerprint density at radius 2 is 2.27 bits per heavy atom. The van der Waals surface area contributed by atoms with Crippen molar-refractivity contribution in [3.63, 3.8) is 0 Å². The molecule has 0 spiro atoms. The first-order valence-electron chi connectivity index (χ1n) is 7.34. The molecule has 0 aromatic heterocycles. The molecule has 22 heavy (non-hydrogen) atoms. The van der Waals surface area contributed by atoms with Gasteiger partial charge < -0.3 is 10.1 Å². The minimum absolute atomic E-state index is 0.0910. The number of para-hydroxylation sites is 2. The van der Waals surface area contributed by atoms with Crippen molar-refractivity contribution in [2.75, 3.05) is 38.7 Å². The van der Waals surface area contributed by atoms with Crippen molar-refractivity contribution < 1.29 is 14.5 Å². The summed E-state index contributed by atoms with van der Waals surface area (Å²) in [5.74, 6) is 0.213. The first kappa shape index (κ1) is 16.4. The van der Waals surface area contributed by atoms with Crippen LogP contribution in [0.5, 0.6) is 0 Å². The SMILES string of the molecule is COC[C@@H]1CCCN(CC(=O)Nc2ccccc2[N+](=O)[O-])C1. The predicted octanol–water partition coefficient (Wildman–Crippen LogP) is 1.89. The molecule has 120 valence electrons. The Morgan fingerprint density at radius 3 is 3.00 bits per heavy atom. The number of hydrogen-bond donors (Lipinski definition) is 1. The van der Waals surface area contributed by atoms with Crippen LogP contribution in [0.25, 0.3) is 0 Å². The Balaban J connectivity index is 1.92. The van der Waals surface area contributed by atoms with Gasteiger partial charge in [-0.2, -0.15) is 0 Å². The molecule has 1 amide bonds. The number of nitro benzene ring substituents is 1. The second-order valence-electron chi connectivity index (χ2n) is 5.52. The van der Waals surface area contributed by atoms with Gasteiger partial charge in [0, 0.05) is 19.7 Å². The Labute approximate surface area is 129 Å². The van der Waals surface area contributed by atoms with E-state index in [-0.39, 0.29) is 23.8 Å². The summed E-state index contributed by atoms with van der Waals surface area (Å²) in [5.41, 5.74) is 0.148. The van der Waals surface area contributed by atoms with E-state index >= 15 is 0 Å². The van der Waals surface area contributed by atoms with Gasteiger partial charge in [-0.25, -0.2) is 0 Å². The van der Waals surface area contributed by atoms with Gasteiger partial charge in [-0.3, -0.25) is 19.8 Å². The van der Waals surface area contributed by atoms with E-state index < -0.39 is 4.92 Å². The number of hydrogen-bond acceptors (Lipinski definition) is 5. The number of nitrogens with one attached hydrogen (secondary N) is 1. The number of methoxy groups -OCH3 is 1. The molecule has 1 aromatic rings. The first-order chi connectivity index (χ1) is 10.6. The zero-order valence-corrected chi connectivity index (χ0v) is 12.7. The number of piperidine rings is 1. The maximum absolute atomic E-state index is 12.1. The highest BCUT2D eigenvalue weighted by Gasteiger charge is 2.22. The molecule has 1 aliphatic rings. The third kappa shape index (κ3) is 4.51. The molecule has 0 unspecified atom stereocenters. The Hall–Kier alpha value is -1.99. The van der Waals surface area contributed by atoms with Crippen molar-refractivity contribution in [3.8, 4) is 0 Å². The van der Waals surface area contributed by atoms with Crippen LogP contribution in [0.2, 0.25) is 0 Å². The van der Waals surface area contributed by atoms with Crippen molar-refractivity contribution in [2.24, 2.45) is 5.92 Å². The molecule has 1 fully saturated rings. The number of carbonyl (C=O) groups is 1. The highest BCUT2D eigenvalue weighted by Crippen LogP contribution is 2.23. The van der Waals surface area contributed by atoms with Crippen LogP contribution in [-0.4, -0.2) is 49.1 Å². The molecular weight excluding hydrogens is 286 g/mol. The molecule has 0 saturated carbocycles. The Morgan fingerprint density at radius 1 is 1.50 bits per heavy atom. The summed E-state index contributed by atoms with van der Waals surface area (Å²) in [6.07, 6.45) is 2.14. The zero-order chi connectivity index (χ0) is 15.9. The molecule has 1 aliphatic heterocycles. The number of benzene rings is 1. The van der Waals surface area contributed by atoms with Gasteiger partial charge in [-0.1, -0.05) is 12.1 Å². The minimum atomic E-state index is -0.495. The molecular formula is C15H21N3O4. The van der Waals surface area contributed by atoms with Crippen LogP contribution >= 0.6 is 0 Å². The smallest absolute Gasteiger partial charge is 0.292 e. The maximum Gasteiger partial charge on any atom is 0.292 e. The van der Waals surface area contributed by atoms with E-state index in [9.17, 15) is 14.9 Å². The van der Waals surface area contributed by atoms with Crippen LogP contribution in [-0.2, 0) is 9.53 Å². The van der Waals surface area contributed by atoms with E-state index in [0.717, 1.165) is 25.9 Å². The Kier molecular flexibility index (Phi) is 5.85. The summed E-state index contributed by atoms with van der Waals surface area (Å²) < 4.78 is 5.17. The molecule has 2 rings (SSSR count). The lowest BCUT2D eigenvalue weighted by Crippen LogP contribution is -2.41. The van der Waals surface area contributed by atoms with Gasteiger partial charge in [-0.05, 0) is 31.4 Å². The highest BCUT2D eigenvalue weighted by atomic mass is 16.6. The minimum Gasteiger partial charge on any atom is -0.384 e. The summed E-state index contributed by atoms with van der Waals surface area (Å²) >= 11 is 0. The second-order valence-corrected chi connectivity index (χ2v) is 5.52. The lowest BCUT2D eigenvalue weighted by atomic mass is 9.99. The summed E-state index contributed by atoms with van der Waals surface area (Å²) in [6, 6.07) is 6.16. The fraction of sp³-hybridized carbons (Fsp3) is 0.533. The van der Waals surface area contributed by atoms with Crippen LogP contribution in [0.3, 0.4) is 0 Å². The molecule has 1 heterocycles. The standard InChI is InChI=1S/C15H21N3O4/c1-22-11-12-5-4-8-17(9-12)10-15(19)16-13-6-2-3-7-14(13)18(20)21/h2-3,6-7,12H,4-5,8-11H2,1H3,(H,16,19)/t12-/m1/s1. The van der Waals surface area contributed by atoms with Gasteiger partial charge in [-0.15, -0.1) is 0 Å². The number of rotatable bonds is 6. The zero-order valence-electron chi connectivity index (χ0n) is 12.7. The van der Waals surface area contributed by atoms with Crippen molar-refractivity contribution in [1.29, 1.82) is 0 Å². The van der Waals surface area contributed by atoms with Crippen LogP contribution in [0, 0.1) is 16.0 Å². The Bertz CT molecular complexity index is 533. The molecule has 1 aromatic carbocycles. The first-order valence-corrected chi connectivity index (χ1v) is 7.34. The highest BCUT2D eigenvalue weighted by molar-refractivity contribution is 5.94. The monoisotopic (exact) mass is 307 g/mol. The summed E-state index contributed by atoms with van der Waals surface area (Å²) in [5, 5.41) is 13.6. The van der Waals surface area contributed by atoms with Crippen LogP contribution in [0.15, 0.2) is 24.3 Å². The van der Waals surface area contributed by atoms with Gasteiger partial charge in [0.2, 0.25) is 5.91 Å². The van der Waals surface area contributed by atoms with E-state index in [1.165, 1.54) is 6.07 Å². The fourth-order valence-electron chi connectivity index (χ4n) is 2.80. The van der Waals surface area contributed by atoms with Gasteiger partial charge in [0.05, 0.1) is 18.1 Å². The third-order valence-corrected chi connectivity index (χ3v) is 3.75. The second kappa shape index (κ2) is 7.86. The van der Waals surface area contributed by atoms with E-state index in [1.807, 2.05) is 0 Å². The largest absolute Gasteiger partial charge is 0.384 e. The number of carbonyl (C=O) groups excluding carboxylic acids is 1.